The first-order valence-electron chi connectivity index (χ1n) is 10.2. The lowest BCUT2D eigenvalue weighted by atomic mass is 9.35. The maximum absolute atomic E-state index is 13.1. The highest BCUT2D eigenvalue weighted by molar-refractivity contribution is 5.87. The van der Waals surface area contributed by atoms with Gasteiger partial charge in [0, 0.05) is 31.8 Å². The Morgan fingerprint density at radius 1 is 1.08 bits per heavy atom. The van der Waals surface area contributed by atoms with Crippen molar-refractivity contribution in [3.8, 4) is 0 Å². The number of carbonyl (C=O) groups is 2. The molecule has 5 aliphatic carbocycles. The van der Waals surface area contributed by atoms with Crippen LogP contribution in [0.4, 0.5) is 0 Å². The summed E-state index contributed by atoms with van der Waals surface area (Å²) in [4.78, 5) is 27.5. The Bertz CT molecular complexity index is 615. The van der Waals surface area contributed by atoms with Crippen LogP contribution in [0.1, 0.15) is 71.6 Å². The molecule has 1 heterocycles. The smallest absolute Gasteiger partial charge is 0.219 e. The van der Waals surface area contributed by atoms with E-state index in [1.807, 2.05) is 0 Å². The maximum atomic E-state index is 13.1. The third-order valence-corrected chi connectivity index (χ3v) is 9.25. The molecule has 132 valence electrons. The highest BCUT2D eigenvalue weighted by Gasteiger charge is 2.69. The van der Waals surface area contributed by atoms with Gasteiger partial charge in [-0.15, -0.1) is 0 Å². The van der Waals surface area contributed by atoms with Gasteiger partial charge in [-0.05, 0) is 73.5 Å². The lowest BCUT2D eigenvalue weighted by Gasteiger charge is -2.71. The highest BCUT2D eigenvalue weighted by Crippen LogP contribution is 2.72. The predicted molar refractivity (Wildman–Crippen MR) is 92.3 cm³/mol. The van der Waals surface area contributed by atoms with Gasteiger partial charge in [0.25, 0.3) is 0 Å². The fourth-order valence-corrected chi connectivity index (χ4v) is 8.40. The van der Waals surface area contributed by atoms with Crippen LogP contribution in [0.2, 0.25) is 0 Å². The summed E-state index contributed by atoms with van der Waals surface area (Å²) in [6.07, 6.45) is 10.7. The van der Waals surface area contributed by atoms with E-state index in [2.05, 4.69) is 11.8 Å². The van der Waals surface area contributed by atoms with Gasteiger partial charge in [0.05, 0.1) is 0 Å². The SMILES string of the molecule is CC(=O)N1C[C@]2(C)CCC[C@]3(C1)[C@@H]2CC[C@]12CC[C@H](CC1=O)C[C@H]23. The largest absolute Gasteiger partial charge is 0.342 e. The van der Waals surface area contributed by atoms with Crippen molar-refractivity contribution in [3.63, 3.8) is 0 Å². The molecule has 5 saturated carbocycles. The summed E-state index contributed by atoms with van der Waals surface area (Å²) in [6.45, 7) is 6.08. The van der Waals surface area contributed by atoms with Crippen molar-refractivity contribution in [2.45, 2.75) is 71.6 Å². The molecule has 6 atom stereocenters. The third kappa shape index (κ3) is 1.69. The van der Waals surface area contributed by atoms with Gasteiger partial charge in [0.2, 0.25) is 5.91 Å². The molecule has 1 saturated heterocycles. The minimum Gasteiger partial charge on any atom is -0.342 e. The summed E-state index contributed by atoms with van der Waals surface area (Å²) >= 11 is 0. The van der Waals surface area contributed by atoms with Gasteiger partial charge in [-0.2, -0.15) is 0 Å². The molecule has 4 bridgehead atoms. The number of amides is 1. The molecule has 0 radical (unpaired) electrons. The monoisotopic (exact) mass is 329 g/mol. The fourth-order valence-electron chi connectivity index (χ4n) is 8.40. The molecular formula is C21H31NO2. The van der Waals surface area contributed by atoms with E-state index in [4.69, 9.17) is 0 Å². The molecule has 0 N–H and O–H groups in total. The summed E-state index contributed by atoms with van der Waals surface area (Å²) in [5, 5.41) is 0. The van der Waals surface area contributed by atoms with Gasteiger partial charge < -0.3 is 4.90 Å². The molecule has 6 rings (SSSR count). The molecule has 0 aromatic rings. The van der Waals surface area contributed by atoms with Crippen molar-refractivity contribution in [2.24, 2.45) is 34.0 Å². The van der Waals surface area contributed by atoms with Gasteiger partial charge in [-0.1, -0.05) is 13.3 Å². The number of hydrogen-bond donors (Lipinski definition) is 0. The zero-order valence-electron chi connectivity index (χ0n) is 15.3. The van der Waals surface area contributed by atoms with Crippen LogP contribution in [0.25, 0.3) is 0 Å². The van der Waals surface area contributed by atoms with Crippen LogP contribution in [0.5, 0.6) is 0 Å². The van der Waals surface area contributed by atoms with Crippen LogP contribution in [-0.2, 0) is 9.59 Å². The van der Waals surface area contributed by atoms with Gasteiger partial charge in [0.15, 0.2) is 0 Å². The van der Waals surface area contributed by atoms with E-state index in [1.54, 1.807) is 6.92 Å². The van der Waals surface area contributed by atoms with Crippen LogP contribution >= 0.6 is 0 Å². The average molecular weight is 329 g/mol. The molecular weight excluding hydrogens is 298 g/mol. The van der Waals surface area contributed by atoms with E-state index in [0.29, 0.717) is 17.6 Å². The Labute approximate surface area is 145 Å². The number of rotatable bonds is 0. The lowest BCUT2D eigenvalue weighted by molar-refractivity contribution is -0.219. The van der Waals surface area contributed by atoms with Crippen molar-refractivity contribution in [2.75, 3.05) is 13.1 Å². The first-order chi connectivity index (χ1) is 11.4. The summed E-state index contributed by atoms with van der Waals surface area (Å²) in [6, 6.07) is 0. The Hall–Kier alpha value is -0.860. The van der Waals surface area contributed by atoms with E-state index < -0.39 is 0 Å². The Kier molecular flexibility index (Phi) is 2.98. The maximum Gasteiger partial charge on any atom is 0.219 e. The standard InChI is InChI=1S/C21H31NO2/c1-14(23)22-12-19(2)6-3-7-21(13-22)16(19)5-9-20-8-4-15(10-17(20)21)11-18(20)24/h15-17H,3-13H2,1-2H3/t15-,16+,17+,19-,20-,21-/m0/s1. The van der Waals surface area contributed by atoms with Crippen LogP contribution in [0, 0.1) is 34.0 Å². The van der Waals surface area contributed by atoms with E-state index in [-0.39, 0.29) is 22.2 Å². The highest BCUT2D eigenvalue weighted by atomic mass is 16.2. The molecule has 3 heteroatoms. The molecule has 1 spiro atoms. The Balaban J connectivity index is 1.63. The first kappa shape index (κ1) is 15.4. The molecule has 6 fully saturated rings. The van der Waals surface area contributed by atoms with Gasteiger partial charge >= 0.3 is 0 Å². The molecule has 0 aromatic carbocycles. The van der Waals surface area contributed by atoms with Crippen LogP contribution in [0.3, 0.4) is 0 Å². The second-order valence-electron chi connectivity index (χ2n) is 10.2. The van der Waals surface area contributed by atoms with Crippen molar-refractivity contribution in [3.05, 3.63) is 0 Å². The molecule has 24 heavy (non-hydrogen) atoms. The van der Waals surface area contributed by atoms with Gasteiger partial charge in [0.1, 0.15) is 5.78 Å². The average Bonchev–Trinajstić information content (AvgIpc) is 2.53. The summed E-state index contributed by atoms with van der Waals surface area (Å²) < 4.78 is 0. The fraction of sp³-hybridized carbons (Fsp3) is 0.905. The number of piperidine rings is 1. The van der Waals surface area contributed by atoms with Crippen molar-refractivity contribution >= 4 is 11.7 Å². The Morgan fingerprint density at radius 2 is 1.88 bits per heavy atom. The zero-order chi connectivity index (χ0) is 16.7. The Morgan fingerprint density at radius 3 is 2.62 bits per heavy atom. The van der Waals surface area contributed by atoms with Crippen LogP contribution < -0.4 is 0 Å². The minimum absolute atomic E-state index is 0.0106. The summed E-state index contributed by atoms with van der Waals surface area (Å²) in [5.74, 6) is 2.77. The topological polar surface area (TPSA) is 37.4 Å². The number of Topliss-reactive ketones (excluding diaryl/α,β-unsaturated/α-hetero) is 1. The minimum atomic E-state index is -0.0106. The van der Waals surface area contributed by atoms with Crippen LogP contribution in [0.15, 0.2) is 0 Å². The van der Waals surface area contributed by atoms with E-state index in [1.165, 1.54) is 38.5 Å². The van der Waals surface area contributed by atoms with Gasteiger partial charge in [-0.25, -0.2) is 0 Å². The zero-order valence-corrected chi connectivity index (χ0v) is 15.3. The normalized spacial score (nSPS) is 52.7. The van der Waals surface area contributed by atoms with E-state index in [0.717, 1.165) is 38.3 Å². The second kappa shape index (κ2) is 4.65. The van der Waals surface area contributed by atoms with Crippen molar-refractivity contribution in [1.29, 1.82) is 0 Å². The van der Waals surface area contributed by atoms with Crippen LogP contribution in [-0.4, -0.2) is 29.7 Å². The third-order valence-electron chi connectivity index (χ3n) is 9.25. The predicted octanol–water partition coefficient (Wildman–Crippen LogP) is 3.81. The van der Waals surface area contributed by atoms with Gasteiger partial charge in [-0.3, -0.25) is 9.59 Å². The lowest BCUT2D eigenvalue weighted by Crippen LogP contribution is -2.70. The molecule has 1 aliphatic heterocycles. The van der Waals surface area contributed by atoms with E-state index in [9.17, 15) is 9.59 Å². The molecule has 3 nitrogen and oxygen atoms in total. The first-order valence-corrected chi connectivity index (χ1v) is 10.2. The summed E-state index contributed by atoms with van der Waals surface area (Å²) in [5.41, 5.74) is 0.511. The number of carbonyl (C=O) groups excluding carboxylic acids is 2. The quantitative estimate of drug-likeness (QED) is 0.678. The summed E-state index contributed by atoms with van der Waals surface area (Å²) in [7, 11) is 0. The van der Waals surface area contributed by atoms with E-state index >= 15 is 0 Å². The van der Waals surface area contributed by atoms with Crippen molar-refractivity contribution in [1.82, 2.24) is 4.90 Å². The number of fused-ring (bicyclic) bond motifs is 2. The molecule has 6 aliphatic rings. The van der Waals surface area contributed by atoms with Crippen molar-refractivity contribution < 1.29 is 9.59 Å². The molecule has 0 unspecified atom stereocenters. The number of nitrogens with zero attached hydrogens (tertiary/aromatic N) is 1. The number of ketones is 1. The number of hydrogen-bond acceptors (Lipinski definition) is 2. The second-order valence-corrected chi connectivity index (χ2v) is 10.2. The molecule has 0 aromatic heterocycles. The number of likely N-dealkylation sites (tertiary alicyclic amines) is 1. The molecule has 1 amide bonds.